The molecule has 3 amide bonds. The van der Waals surface area contributed by atoms with Crippen molar-refractivity contribution in [2.45, 2.75) is 25.4 Å². The summed E-state index contributed by atoms with van der Waals surface area (Å²) in [6.07, 6.45) is 2.53. The molecule has 1 aliphatic heterocycles. The lowest BCUT2D eigenvalue weighted by Crippen LogP contribution is -2.49. The Kier molecular flexibility index (Phi) is 6.15. The zero-order valence-electron chi connectivity index (χ0n) is 12.6. The Morgan fingerprint density at radius 1 is 1.57 bits per heavy atom. The Morgan fingerprint density at radius 2 is 2.35 bits per heavy atom. The Labute approximate surface area is 143 Å². The number of carbonyl (C=O) groups excluding carboxylic acids is 2. The van der Waals surface area contributed by atoms with E-state index in [2.05, 4.69) is 33.1 Å². The summed E-state index contributed by atoms with van der Waals surface area (Å²) in [6, 6.07) is 4.08. The molecule has 124 valence electrons. The molecular weight excluding hydrogens is 365 g/mol. The van der Waals surface area contributed by atoms with Gasteiger partial charge >= 0.3 is 6.03 Å². The number of hydrogen-bond donors (Lipinski definition) is 2. The first kappa shape index (κ1) is 17.5. The van der Waals surface area contributed by atoms with Crippen LogP contribution in [0.4, 0.5) is 9.18 Å². The molecule has 5 nitrogen and oxygen atoms in total. The van der Waals surface area contributed by atoms with Gasteiger partial charge in [0.2, 0.25) is 5.91 Å². The molecule has 2 N–H and O–H groups in total. The minimum atomic E-state index is -0.368. The minimum Gasteiger partial charge on any atom is -0.356 e. The highest BCUT2D eigenvalue weighted by Crippen LogP contribution is 2.17. The molecule has 1 saturated heterocycles. The van der Waals surface area contributed by atoms with Crippen molar-refractivity contribution in [2.24, 2.45) is 0 Å². The van der Waals surface area contributed by atoms with E-state index in [1.807, 2.05) is 0 Å². The fourth-order valence-electron chi connectivity index (χ4n) is 2.42. The molecule has 0 aromatic heterocycles. The molecule has 1 atom stereocenters. The van der Waals surface area contributed by atoms with Crippen molar-refractivity contribution >= 4 is 27.9 Å². The number of nitrogens with zero attached hydrogens (tertiary/aromatic N) is 1. The molecule has 1 aliphatic rings. The molecule has 1 heterocycles. The van der Waals surface area contributed by atoms with Crippen LogP contribution in [0.25, 0.3) is 0 Å². The number of hydrogen-bond acceptors (Lipinski definition) is 2. The second-order valence-electron chi connectivity index (χ2n) is 5.39. The molecule has 0 spiro atoms. The van der Waals surface area contributed by atoms with Gasteiger partial charge in [0.25, 0.3) is 0 Å². The van der Waals surface area contributed by atoms with Gasteiger partial charge < -0.3 is 15.5 Å². The first-order valence-corrected chi connectivity index (χ1v) is 8.16. The van der Waals surface area contributed by atoms with Crippen LogP contribution in [0, 0.1) is 5.82 Å². The van der Waals surface area contributed by atoms with Crippen molar-refractivity contribution in [1.82, 2.24) is 15.5 Å². The zero-order valence-corrected chi connectivity index (χ0v) is 14.2. The van der Waals surface area contributed by atoms with Crippen molar-refractivity contribution in [2.75, 3.05) is 13.1 Å². The Bertz CT molecular complexity index is 609. The second-order valence-corrected chi connectivity index (χ2v) is 6.31. The lowest BCUT2D eigenvalue weighted by Gasteiger charge is -2.28. The van der Waals surface area contributed by atoms with E-state index in [0.717, 1.165) is 4.47 Å². The van der Waals surface area contributed by atoms with Crippen molar-refractivity contribution in [3.8, 4) is 0 Å². The lowest BCUT2D eigenvalue weighted by molar-refractivity contribution is -0.122. The number of piperidine rings is 1. The quantitative estimate of drug-likeness (QED) is 0.767. The van der Waals surface area contributed by atoms with Crippen molar-refractivity contribution in [3.63, 3.8) is 0 Å². The van der Waals surface area contributed by atoms with Gasteiger partial charge in [-0.2, -0.15) is 0 Å². The number of benzene rings is 1. The van der Waals surface area contributed by atoms with Gasteiger partial charge in [-0.1, -0.05) is 22.0 Å². The monoisotopic (exact) mass is 383 g/mol. The fraction of sp³-hybridized carbons (Fsp3) is 0.375. The van der Waals surface area contributed by atoms with Crippen LogP contribution >= 0.6 is 15.9 Å². The highest BCUT2D eigenvalue weighted by molar-refractivity contribution is 9.10. The van der Waals surface area contributed by atoms with E-state index in [-0.39, 0.29) is 43.3 Å². The van der Waals surface area contributed by atoms with Crippen LogP contribution in [-0.2, 0) is 11.3 Å². The molecule has 0 aliphatic carbocycles. The molecule has 0 radical (unpaired) electrons. The zero-order chi connectivity index (χ0) is 16.8. The summed E-state index contributed by atoms with van der Waals surface area (Å²) in [5.41, 5.74) is 0.415. The van der Waals surface area contributed by atoms with E-state index in [1.54, 1.807) is 18.2 Å². The summed E-state index contributed by atoms with van der Waals surface area (Å²) in [6.45, 7) is 4.60. The van der Waals surface area contributed by atoms with Gasteiger partial charge in [-0.15, -0.1) is 6.58 Å². The first-order chi connectivity index (χ1) is 11.0. The van der Waals surface area contributed by atoms with Gasteiger partial charge in [0.1, 0.15) is 5.82 Å². The van der Waals surface area contributed by atoms with Crippen LogP contribution in [-0.4, -0.2) is 36.0 Å². The Hall–Kier alpha value is -1.89. The highest BCUT2D eigenvalue weighted by atomic mass is 79.9. The Balaban J connectivity index is 2.04. The molecule has 1 aromatic rings. The van der Waals surface area contributed by atoms with E-state index in [1.165, 1.54) is 11.0 Å². The van der Waals surface area contributed by atoms with Crippen molar-refractivity contribution in [3.05, 3.63) is 46.7 Å². The van der Waals surface area contributed by atoms with Gasteiger partial charge in [0.05, 0.1) is 6.54 Å². The summed E-state index contributed by atoms with van der Waals surface area (Å²) in [4.78, 5) is 25.2. The average Bonchev–Trinajstić information content (AvgIpc) is 2.50. The van der Waals surface area contributed by atoms with E-state index in [0.29, 0.717) is 18.5 Å². The number of halogens is 2. The summed E-state index contributed by atoms with van der Waals surface area (Å²) >= 11 is 3.30. The molecule has 23 heavy (non-hydrogen) atoms. The largest absolute Gasteiger partial charge is 0.356 e. The SMILES string of the molecule is C=CCN(Cc1cc(Br)ccc1F)C(=O)NC1CCNC(=O)C1. The molecule has 1 unspecified atom stereocenters. The summed E-state index contributed by atoms with van der Waals surface area (Å²) in [5.74, 6) is -0.443. The molecule has 2 rings (SSSR count). The summed E-state index contributed by atoms with van der Waals surface area (Å²) in [7, 11) is 0. The third kappa shape index (κ3) is 5.06. The number of nitrogens with one attached hydrogen (secondary N) is 2. The maximum absolute atomic E-state index is 13.9. The van der Waals surface area contributed by atoms with Gasteiger partial charge in [-0.3, -0.25) is 4.79 Å². The topological polar surface area (TPSA) is 61.4 Å². The third-order valence-electron chi connectivity index (χ3n) is 3.58. The molecule has 7 heteroatoms. The molecule has 1 fully saturated rings. The van der Waals surface area contributed by atoms with Gasteiger partial charge in [-0.25, -0.2) is 9.18 Å². The normalized spacial score (nSPS) is 17.3. The number of urea groups is 1. The molecular formula is C16H19BrFN3O2. The van der Waals surface area contributed by atoms with Crippen molar-refractivity contribution in [1.29, 1.82) is 0 Å². The van der Waals surface area contributed by atoms with Gasteiger partial charge in [0.15, 0.2) is 0 Å². The van der Waals surface area contributed by atoms with Crippen LogP contribution < -0.4 is 10.6 Å². The minimum absolute atomic E-state index is 0.0742. The number of carbonyl (C=O) groups is 2. The standard InChI is InChI=1S/C16H19BrFN3O2/c1-2-7-21(10-11-8-12(17)3-4-14(11)18)16(23)20-13-5-6-19-15(22)9-13/h2-4,8,13H,1,5-7,9-10H2,(H,19,22)(H,20,23). The predicted octanol–water partition coefficient (Wildman–Crippen LogP) is 2.56. The third-order valence-corrected chi connectivity index (χ3v) is 4.07. The lowest BCUT2D eigenvalue weighted by atomic mass is 10.1. The average molecular weight is 384 g/mol. The van der Waals surface area contributed by atoms with Crippen LogP contribution in [0.15, 0.2) is 35.3 Å². The smallest absolute Gasteiger partial charge is 0.318 e. The Morgan fingerprint density at radius 3 is 3.04 bits per heavy atom. The van der Waals surface area contributed by atoms with E-state index >= 15 is 0 Å². The molecule has 0 saturated carbocycles. The van der Waals surface area contributed by atoms with Crippen LogP contribution in [0.5, 0.6) is 0 Å². The molecule has 0 bridgehead atoms. The van der Waals surface area contributed by atoms with E-state index < -0.39 is 0 Å². The first-order valence-electron chi connectivity index (χ1n) is 7.36. The van der Waals surface area contributed by atoms with Crippen LogP contribution in [0.3, 0.4) is 0 Å². The fourth-order valence-corrected chi connectivity index (χ4v) is 2.83. The van der Waals surface area contributed by atoms with Crippen molar-refractivity contribution < 1.29 is 14.0 Å². The van der Waals surface area contributed by atoms with Crippen LogP contribution in [0.1, 0.15) is 18.4 Å². The van der Waals surface area contributed by atoms with E-state index in [9.17, 15) is 14.0 Å². The maximum Gasteiger partial charge on any atom is 0.318 e. The van der Waals surface area contributed by atoms with Gasteiger partial charge in [0, 0.05) is 35.6 Å². The predicted molar refractivity (Wildman–Crippen MR) is 89.3 cm³/mol. The van der Waals surface area contributed by atoms with Crippen LogP contribution in [0.2, 0.25) is 0 Å². The highest BCUT2D eigenvalue weighted by Gasteiger charge is 2.23. The maximum atomic E-state index is 13.9. The summed E-state index contributed by atoms with van der Waals surface area (Å²) in [5, 5.41) is 5.55. The number of rotatable bonds is 5. The van der Waals surface area contributed by atoms with Gasteiger partial charge in [-0.05, 0) is 24.6 Å². The second kappa shape index (κ2) is 8.10. The van der Waals surface area contributed by atoms with E-state index in [4.69, 9.17) is 0 Å². The number of amides is 3. The molecule has 1 aromatic carbocycles. The summed E-state index contributed by atoms with van der Waals surface area (Å²) < 4.78 is 14.6.